The van der Waals surface area contributed by atoms with Crippen LogP contribution in [0.1, 0.15) is 78.8 Å². The van der Waals surface area contributed by atoms with Crippen LogP contribution in [-0.4, -0.2) is 46.0 Å². The zero-order valence-electron chi connectivity index (χ0n) is 17.6. The van der Waals surface area contributed by atoms with Crippen molar-refractivity contribution in [2.45, 2.75) is 57.5 Å². The summed E-state index contributed by atoms with van der Waals surface area (Å²) in [6.45, 7) is 5.38. The van der Waals surface area contributed by atoms with Gasteiger partial charge < -0.3 is 15.7 Å². The number of ketones is 1. The normalized spacial score (nSPS) is 18.7. The number of Topliss-reactive ketones (excluding diaryl/α,β-unsaturated/α-hetero) is 1. The van der Waals surface area contributed by atoms with Crippen LogP contribution < -0.4 is 10.9 Å². The second-order valence-corrected chi connectivity index (χ2v) is 8.49. The maximum atomic E-state index is 12.5. The molecule has 0 spiro atoms. The second-order valence-electron chi connectivity index (χ2n) is 8.49. The first-order valence-electron chi connectivity index (χ1n) is 10.7. The first-order valence-corrected chi connectivity index (χ1v) is 10.7. The van der Waals surface area contributed by atoms with Crippen molar-refractivity contribution in [3.05, 3.63) is 57.1 Å². The zero-order valence-corrected chi connectivity index (χ0v) is 17.6. The summed E-state index contributed by atoms with van der Waals surface area (Å²) in [6, 6.07) is 8.15. The minimum atomic E-state index is -0.265. The summed E-state index contributed by atoms with van der Waals surface area (Å²) >= 11 is 0. The van der Waals surface area contributed by atoms with E-state index >= 15 is 0 Å². The number of anilines is 1. The molecule has 30 heavy (non-hydrogen) atoms. The number of nitrogens with one attached hydrogen (secondary N) is 3. The molecular weight excluding hydrogens is 378 g/mol. The van der Waals surface area contributed by atoms with Gasteiger partial charge in [-0.25, -0.2) is 4.98 Å². The van der Waals surface area contributed by atoms with Crippen molar-refractivity contribution >= 4 is 17.8 Å². The van der Waals surface area contributed by atoms with Crippen LogP contribution in [0, 0.1) is 5.41 Å². The lowest BCUT2D eigenvalue weighted by atomic mass is 9.89. The summed E-state index contributed by atoms with van der Waals surface area (Å²) in [7, 11) is 0. The van der Waals surface area contributed by atoms with Gasteiger partial charge in [-0.05, 0) is 32.3 Å². The van der Waals surface area contributed by atoms with Crippen molar-refractivity contribution in [1.29, 1.82) is 5.41 Å². The lowest BCUT2D eigenvalue weighted by Gasteiger charge is -2.43. The molecule has 1 aliphatic heterocycles. The lowest BCUT2D eigenvalue weighted by molar-refractivity contribution is 0.0957. The van der Waals surface area contributed by atoms with Gasteiger partial charge in [-0.3, -0.25) is 14.5 Å². The van der Waals surface area contributed by atoms with E-state index in [2.05, 4.69) is 22.1 Å². The molecule has 3 N–H and O–H groups in total. The third kappa shape index (κ3) is 4.07. The molecule has 2 fully saturated rings. The number of benzene rings is 1. The van der Waals surface area contributed by atoms with E-state index in [9.17, 15) is 9.59 Å². The Hall–Kier alpha value is -2.80. The number of carbonyl (C=O) groups excluding carboxylic acids is 1. The van der Waals surface area contributed by atoms with Gasteiger partial charge >= 0.3 is 0 Å². The van der Waals surface area contributed by atoms with Gasteiger partial charge in [0.2, 0.25) is 0 Å². The number of rotatable bonds is 7. The van der Waals surface area contributed by atoms with Crippen molar-refractivity contribution in [3.63, 3.8) is 0 Å². The topological polar surface area (TPSA) is 102 Å². The third-order valence-corrected chi connectivity index (χ3v) is 6.46. The van der Waals surface area contributed by atoms with Gasteiger partial charge in [0.15, 0.2) is 5.78 Å². The quantitative estimate of drug-likeness (QED) is 0.482. The Labute approximate surface area is 176 Å². The van der Waals surface area contributed by atoms with E-state index < -0.39 is 0 Å². The standard InChI is InChI=1S/C23H29N5O2/c1-14(28-12-18(13-28)17-9-7-16(8-10-17)15(2)29)21-26-22(20(11-24)23(30)27-21)25-19-5-3-4-6-19/h7-11,14,18-19,24H,3-6,12-13H2,1-2H3,(H2,25,26,27,30). The number of aromatic nitrogens is 2. The summed E-state index contributed by atoms with van der Waals surface area (Å²) in [5.74, 6) is 1.66. The van der Waals surface area contributed by atoms with E-state index in [1.807, 2.05) is 24.3 Å². The third-order valence-electron chi connectivity index (χ3n) is 6.46. The maximum Gasteiger partial charge on any atom is 0.261 e. The summed E-state index contributed by atoms with van der Waals surface area (Å²) in [6.07, 6.45) is 5.61. The van der Waals surface area contributed by atoms with Gasteiger partial charge in [0, 0.05) is 36.8 Å². The molecule has 158 valence electrons. The van der Waals surface area contributed by atoms with E-state index in [0.717, 1.165) is 37.7 Å². The number of aromatic amines is 1. The van der Waals surface area contributed by atoms with Crippen LogP contribution in [0.2, 0.25) is 0 Å². The SMILES string of the molecule is CC(=O)c1ccc(C2CN(C(C)c3nc(NC4CCCC4)c(C=N)c(=O)[nH]3)C2)cc1. The van der Waals surface area contributed by atoms with Crippen LogP contribution in [0.15, 0.2) is 29.1 Å². The molecule has 2 heterocycles. The second kappa shape index (κ2) is 8.52. The Balaban J connectivity index is 1.46. The maximum absolute atomic E-state index is 12.5. The number of carbonyl (C=O) groups is 1. The summed E-state index contributed by atoms with van der Waals surface area (Å²) < 4.78 is 0. The van der Waals surface area contributed by atoms with Crippen LogP contribution >= 0.6 is 0 Å². The predicted molar refractivity (Wildman–Crippen MR) is 118 cm³/mol. The van der Waals surface area contributed by atoms with E-state index in [0.29, 0.717) is 29.2 Å². The molecule has 1 saturated heterocycles. The molecule has 1 saturated carbocycles. The molecule has 1 unspecified atom stereocenters. The fourth-order valence-electron chi connectivity index (χ4n) is 4.41. The summed E-state index contributed by atoms with van der Waals surface area (Å²) in [4.78, 5) is 33.9. The van der Waals surface area contributed by atoms with Gasteiger partial charge in [0.25, 0.3) is 5.56 Å². The minimum absolute atomic E-state index is 0.0191. The smallest absolute Gasteiger partial charge is 0.261 e. The molecule has 7 nitrogen and oxygen atoms in total. The average molecular weight is 408 g/mol. The number of likely N-dealkylation sites (tertiary alicyclic amines) is 1. The van der Waals surface area contributed by atoms with Crippen molar-refractivity contribution in [2.75, 3.05) is 18.4 Å². The highest BCUT2D eigenvalue weighted by atomic mass is 16.1. The molecule has 1 atom stereocenters. The molecule has 1 aromatic carbocycles. The molecule has 7 heteroatoms. The average Bonchev–Trinajstić information content (AvgIpc) is 3.20. The first-order chi connectivity index (χ1) is 14.5. The Morgan fingerprint density at radius 3 is 2.53 bits per heavy atom. The highest BCUT2D eigenvalue weighted by molar-refractivity contribution is 5.94. The molecule has 1 aromatic heterocycles. The molecule has 2 aromatic rings. The number of hydrogen-bond acceptors (Lipinski definition) is 6. The van der Waals surface area contributed by atoms with Crippen LogP contribution in [0.5, 0.6) is 0 Å². The molecule has 2 aliphatic rings. The Morgan fingerprint density at radius 1 is 1.27 bits per heavy atom. The van der Waals surface area contributed by atoms with Gasteiger partial charge in [0.1, 0.15) is 11.6 Å². The predicted octanol–water partition coefficient (Wildman–Crippen LogP) is 3.49. The largest absolute Gasteiger partial charge is 0.367 e. The monoisotopic (exact) mass is 407 g/mol. The first kappa shape index (κ1) is 20.5. The Morgan fingerprint density at radius 2 is 1.93 bits per heavy atom. The van der Waals surface area contributed by atoms with Crippen LogP contribution in [-0.2, 0) is 0 Å². The molecule has 0 amide bonds. The van der Waals surface area contributed by atoms with E-state index in [1.54, 1.807) is 6.92 Å². The van der Waals surface area contributed by atoms with Crippen molar-refractivity contribution in [3.8, 4) is 0 Å². The van der Waals surface area contributed by atoms with Gasteiger partial charge in [-0.15, -0.1) is 0 Å². The zero-order chi connectivity index (χ0) is 21.3. The van der Waals surface area contributed by atoms with E-state index in [-0.39, 0.29) is 17.4 Å². The van der Waals surface area contributed by atoms with Gasteiger partial charge in [0.05, 0.1) is 11.6 Å². The highest BCUT2D eigenvalue weighted by Gasteiger charge is 2.33. The molecular formula is C23H29N5O2. The van der Waals surface area contributed by atoms with Gasteiger partial charge in [-0.2, -0.15) is 0 Å². The van der Waals surface area contributed by atoms with Crippen molar-refractivity contribution in [2.24, 2.45) is 0 Å². The number of nitrogens with zero attached hydrogens (tertiary/aromatic N) is 2. The van der Waals surface area contributed by atoms with Gasteiger partial charge in [-0.1, -0.05) is 37.1 Å². The Kier molecular flexibility index (Phi) is 5.81. The Bertz CT molecular complexity index is 986. The lowest BCUT2D eigenvalue weighted by Crippen LogP contribution is -2.46. The minimum Gasteiger partial charge on any atom is -0.367 e. The number of hydrogen-bond donors (Lipinski definition) is 3. The molecule has 0 radical (unpaired) electrons. The fraction of sp³-hybridized carbons (Fsp3) is 0.478. The van der Waals surface area contributed by atoms with Crippen LogP contribution in [0.4, 0.5) is 5.82 Å². The van der Waals surface area contributed by atoms with Crippen molar-refractivity contribution in [1.82, 2.24) is 14.9 Å². The molecule has 0 bridgehead atoms. The fourth-order valence-corrected chi connectivity index (χ4v) is 4.41. The van der Waals surface area contributed by atoms with Crippen LogP contribution in [0.25, 0.3) is 0 Å². The van der Waals surface area contributed by atoms with E-state index in [1.165, 1.54) is 18.4 Å². The summed E-state index contributed by atoms with van der Waals surface area (Å²) in [5, 5.41) is 11.0. The molecule has 1 aliphatic carbocycles. The van der Waals surface area contributed by atoms with Crippen LogP contribution in [0.3, 0.4) is 0 Å². The van der Waals surface area contributed by atoms with Crippen molar-refractivity contribution < 1.29 is 4.79 Å². The summed E-state index contributed by atoms with van der Waals surface area (Å²) in [5.41, 5.74) is 2.00. The van der Waals surface area contributed by atoms with E-state index in [4.69, 9.17) is 10.4 Å². The number of H-pyrrole nitrogens is 1. The highest BCUT2D eigenvalue weighted by Crippen LogP contribution is 2.33. The molecule has 4 rings (SSSR count).